The second kappa shape index (κ2) is 7.98. The first-order chi connectivity index (χ1) is 13.8. The van der Waals surface area contributed by atoms with Gasteiger partial charge < -0.3 is 9.32 Å². The van der Waals surface area contributed by atoms with Gasteiger partial charge in [0.05, 0.1) is 34.2 Å². The minimum Gasteiger partial charge on any atom is -0.407 e. The van der Waals surface area contributed by atoms with Crippen LogP contribution in [0.25, 0.3) is 11.1 Å². The van der Waals surface area contributed by atoms with Crippen LogP contribution in [-0.2, 0) is 11.3 Å². The Bertz CT molecular complexity index is 1170. The number of carbonyl (C=O) groups excluding carboxylic acids is 1. The van der Waals surface area contributed by atoms with E-state index in [4.69, 9.17) is 9.68 Å². The summed E-state index contributed by atoms with van der Waals surface area (Å²) in [5.74, 6) is -1.05. The van der Waals surface area contributed by atoms with Gasteiger partial charge in [0.25, 0.3) is 5.69 Å². The highest BCUT2D eigenvalue weighted by Gasteiger charge is 2.23. The van der Waals surface area contributed by atoms with Crippen LogP contribution in [0.4, 0.5) is 5.69 Å². The average molecular weight is 394 g/mol. The Kier molecular flexibility index (Phi) is 5.45. The van der Waals surface area contributed by atoms with E-state index in [1.54, 1.807) is 29.2 Å². The fourth-order valence-corrected chi connectivity index (χ4v) is 3.23. The van der Waals surface area contributed by atoms with Gasteiger partial charge >= 0.3 is 5.76 Å². The molecular weight excluding hydrogens is 376 g/mol. The molecule has 1 unspecified atom stereocenters. The molecule has 9 heteroatoms. The van der Waals surface area contributed by atoms with E-state index < -0.39 is 10.7 Å². The maximum Gasteiger partial charge on any atom is 0.420 e. The van der Waals surface area contributed by atoms with Crippen LogP contribution in [0.5, 0.6) is 0 Å². The van der Waals surface area contributed by atoms with Crippen molar-refractivity contribution in [2.24, 2.45) is 0 Å². The number of carbonyl (C=O) groups is 1. The van der Waals surface area contributed by atoms with Crippen LogP contribution >= 0.6 is 0 Å². The second-order valence-corrected chi connectivity index (χ2v) is 6.45. The molecule has 0 saturated carbocycles. The molecule has 1 amide bonds. The molecule has 0 N–H and O–H groups in total. The van der Waals surface area contributed by atoms with Gasteiger partial charge in [-0.2, -0.15) is 5.26 Å². The first kappa shape index (κ1) is 19.8. The third-order valence-electron chi connectivity index (χ3n) is 4.81. The lowest BCUT2D eigenvalue weighted by Gasteiger charge is -2.28. The lowest BCUT2D eigenvalue weighted by molar-refractivity contribution is -0.384. The van der Waals surface area contributed by atoms with Gasteiger partial charge in [0.15, 0.2) is 5.58 Å². The summed E-state index contributed by atoms with van der Waals surface area (Å²) in [6, 6.07) is 12.5. The summed E-state index contributed by atoms with van der Waals surface area (Å²) in [5.41, 5.74) is 1.56. The highest BCUT2D eigenvalue weighted by atomic mass is 16.6. The van der Waals surface area contributed by atoms with Crippen molar-refractivity contribution < 1.29 is 14.1 Å². The van der Waals surface area contributed by atoms with Crippen molar-refractivity contribution in [3.8, 4) is 6.07 Å². The van der Waals surface area contributed by atoms with Crippen molar-refractivity contribution in [1.82, 2.24) is 9.47 Å². The maximum atomic E-state index is 12.9. The number of nitriles is 1. The smallest absolute Gasteiger partial charge is 0.407 e. The predicted molar refractivity (Wildman–Crippen MR) is 104 cm³/mol. The number of rotatable bonds is 6. The zero-order valence-electron chi connectivity index (χ0n) is 15.9. The van der Waals surface area contributed by atoms with E-state index in [9.17, 15) is 19.7 Å². The summed E-state index contributed by atoms with van der Waals surface area (Å²) in [6.45, 7) is 3.86. The molecule has 1 aromatic heterocycles. The minimum absolute atomic E-state index is 0.0557. The molecule has 0 fully saturated rings. The summed E-state index contributed by atoms with van der Waals surface area (Å²) >= 11 is 0. The van der Waals surface area contributed by atoms with Crippen molar-refractivity contribution >= 4 is 22.7 Å². The van der Waals surface area contributed by atoms with Gasteiger partial charge in [-0.3, -0.25) is 19.5 Å². The van der Waals surface area contributed by atoms with Crippen LogP contribution in [0.3, 0.4) is 0 Å². The zero-order chi connectivity index (χ0) is 21.1. The third kappa shape index (κ3) is 3.87. The second-order valence-electron chi connectivity index (χ2n) is 6.45. The minimum atomic E-state index is -0.754. The molecule has 3 rings (SSSR count). The topological polar surface area (TPSA) is 122 Å². The van der Waals surface area contributed by atoms with Crippen molar-refractivity contribution in [3.63, 3.8) is 0 Å². The van der Waals surface area contributed by atoms with Crippen molar-refractivity contribution in [2.45, 2.75) is 26.4 Å². The number of non-ortho nitro benzene ring substituents is 1. The molecule has 0 bridgehead atoms. The van der Waals surface area contributed by atoms with Crippen molar-refractivity contribution in [1.29, 1.82) is 5.26 Å². The number of nitro groups is 1. The van der Waals surface area contributed by atoms with Gasteiger partial charge in [0, 0.05) is 12.6 Å². The Balaban J connectivity index is 1.87. The van der Waals surface area contributed by atoms with E-state index in [0.717, 1.165) is 16.2 Å². The molecule has 0 radical (unpaired) electrons. The highest BCUT2D eigenvalue weighted by molar-refractivity contribution is 5.81. The molecule has 1 heterocycles. The number of hydrogen-bond acceptors (Lipinski definition) is 6. The van der Waals surface area contributed by atoms with Gasteiger partial charge in [0.1, 0.15) is 6.54 Å². The SMILES string of the molecule is CCN(C(=O)Cn1c(=O)oc2cc([N+](=O)[O-])ccc21)C(C)c1ccc(C#N)cc1. The van der Waals surface area contributed by atoms with E-state index in [2.05, 4.69) is 6.07 Å². The van der Waals surface area contributed by atoms with E-state index in [-0.39, 0.29) is 29.8 Å². The Morgan fingerprint density at radius 3 is 2.59 bits per heavy atom. The number of fused-ring (bicyclic) bond motifs is 1. The zero-order valence-corrected chi connectivity index (χ0v) is 15.9. The van der Waals surface area contributed by atoms with E-state index >= 15 is 0 Å². The van der Waals surface area contributed by atoms with Gasteiger partial charge in [-0.25, -0.2) is 4.79 Å². The number of nitro benzene ring substituents is 1. The number of benzene rings is 2. The molecule has 0 aliphatic carbocycles. The molecule has 0 saturated heterocycles. The van der Waals surface area contributed by atoms with Gasteiger partial charge in [-0.15, -0.1) is 0 Å². The Hall–Kier alpha value is -3.93. The maximum absolute atomic E-state index is 12.9. The predicted octanol–water partition coefficient (Wildman–Crippen LogP) is 2.98. The summed E-state index contributed by atoms with van der Waals surface area (Å²) < 4.78 is 6.24. The standard InChI is InChI=1S/C20H18N4O5/c1-3-22(13(2)15-6-4-14(11-21)5-7-15)19(25)12-23-17-9-8-16(24(27)28)10-18(17)29-20(23)26/h4-10,13H,3,12H2,1-2H3. The lowest BCUT2D eigenvalue weighted by atomic mass is 10.0. The van der Waals surface area contributed by atoms with Crippen LogP contribution < -0.4 is 5.76 Å². The first-order valence-electron chi connectivity index (χ1n) is 8.93. The van der Waals surface area contributed by atoms with Crippen LogP contribution in [0, 0.1) is 21.4 Å². The number of oxazole rings is 1. The molecule has 0 aliphatic rings. The van der Waals surface area contributed by atoms with E-state index in [1.807, 2.05) is 13.8 Å². The average Bonchev–Trinajstić information content (AvgIpc) is 3.02. The molecule has 1 atom stereocenters. The molecule has 9 nitrogen and oxygen atoms in total. The van der Waals surface area contributed by atoms with Gasteiger partial charge in [-0.1, -0.05) is 12.1 Å². The number of likely N-dealkylation sites (N-methyl/N-ethyl adjacent to an activating group) is 1. The fraction of sp³-hybridized carbons (Fsp3) is 0.250. The molecule has 29 heavy (non-hydrogen) atoms. The van der Waals surface area contributed by atoms with Crippen LogP contribution in [0.2, 0.25) is 0 Å². The number of aromatic nitrogens is 1. The fourth-order valence-electron chi connectivity index (χ4n) is 3.23. The molecule has 3 aromatic rings. The normalized spacial score (nSPS) is 11.8. The lowest BCUT2D eigenvalue weighted by Crippen LogP contribution is -2.37. The molecule has 0 aliphatic heterocycles. The highest BCUT2D eigenvalue weighted by Crippen LogP contribution is 2.23. The molecule has 0 spiro atoms. The van der Waals surface area contributed by atoms with E-state index in [1.165, 1.54) is 12.1 Å². The Morgan fingerprint density at radius 2 is 2.00 bits per heavy atom. The molecule has 148 valence electrons. The molecular formula is C20H18N4O5. The van der Waals surface area contributed by atoms with Gasteiger partial charge in [-0.05, 0) is 37.6 Å². The number of hydrogen-bond donors (Lipinski definition) is 0. The van der Waals surface area contributed by atoms with Crippen LogP contribution in [0.1, 0.15) is 31.0 Å². The Morgan fingerprint density at radius 1 is 1.31 bits per heavy atom. The molecule has 2 aromatic carbocycles. The largest absolute Gasteiger partial charge is 0.420 e. The summed E-state index contributed by atoms with van der Waals surface area (Å²) in [5, 5.41) is 19.8. The van der Waals surface area contributed by atoms with Crippen LogP contribution in [-0.4, -0.2) is 26.8 Å². The van der Waals surface area contributed by atoms with Crippen molar-refractivity contribution in [3.05, 3.63) is 74.3 Å². The number of amides is 1. The van der Waals surface area contributed by atoms with Gasteiger partial charge in [0.2, 0.25) is 5.91 Å². The Labute approximate surface area is 165 Å². The number of nitrogens with zero attached hydrogens (tertiary/aromatic N) is 4. The van der Waals surface area contributed by atoms with E-state index in [0.29, 0.717) is 17.6 Å². The monoisotopic (exact) mass is 394 g/mol. The quantitative estimate of drug-likeness (QED) is 0.468. The summed E-state index contributed by atoms with van der Waals surface area (Å²) in [4.78, 5) is 37.0. The van der Waals surface area contributed by atoms with Crippen LogP contribution in [0.15, 0.2) is 51.7 Å². The first-order valence-corrected chi connectivity index (χ1v) is 8.93. The summed E-state index contributed by atoms with van der Waals surface area (Å²) in [6.07, 6.45) is 0. The van der Waals surface area contributed by atoms with Crippen molar-refractivity contribution in [2.75, 3.05) is 6.54 Å². The third-order valence-corrected chi connectivity index (χ3v) is 4.81. The summed E-state index contributed by atoms with van der Waals surface area (Å²) in [7, 11) is 0.